The Morgan fingerprint density at radius 2 is 1.75 bits per heavy atom. The molecular weight excluding hydrogens is 242 g/mol. The summed E-state index contributed by atoms with van der Waals surface area (Å²) in [6, 6.07) is 0. The van der Waals surface area contributed by atoms with Gasteiger partial charge in [0.2, 0.25) is 0 Å². The van der Waals surface area contributed by atoms with E-state index in [0.29, 0.717) is 12.8 Å². The topological polar surface area (TPSA) is 17.1 Å². The van der Waals surface area contributed by atoms with E-state index in [9.17, 15) is 4.79 Å². The molecule has 5 heteroatoms. The normalized spacial score (nSPS) is 42.2. The molecule has 2 rings (SSSR count). The molecule has 0 bridgehead atoms. The molecule has 2 aliphatic rings. The fraction of sp³-hybridized carbons (Fsp3) is 0.857. The molecule has 0 spiro atoms. The number of rotatable bonds is 0. The van der Waals surface area contributed by atoms with Gasteiger partial charge in [-0.15, -0.1) is 0 Å². The van der Waals surface area contributed by atoms with E-state index in [1.54, 1.807) is 0 Å². The SMILES string of the molecule is O=C1CCC2C1C(Cl)(Cl)C2(Cl)Cl. The van der Waals surface area contributed by atoms with Crippen LogP contribution in [0.4, 0.5) is 0 Å². The minimum Gasteiger partial charge on any atom is -0.299 e. The summed E-state index contributed by atoms with van der Waals surface area (Å²) in [5.41, 5.74) is 0. The third kappa shape index (κ3) is 0.863. The largest absolute Gasteiger partial charge is 0.299 e. The number of hydrogen-bond acceptors (Lipinski definition) is 1. The Morgan fingerprint density at radius 3 is 2.25 bits per heavy atom. The van der Waals surface area contributed by atoms with Gasteiger partial charge in [-0.2, -0.15) is 0 Å². The molecule has 0 aromatic rings. The summed E-state index contributed by atoms with van der Waals surface area (Å²) in [5, 5.41) is 0. The first-order chi connectivity index (χ1) is 5.39. The lowest BCUT2D eigenvalue weighted by molar-refractivity contribution is -0.123. The van der Waals surface area contributed by atoms with Crippen molar-refractivity contribution in [2.75, 3.05) is 0 Å². The maximum Gasteiger partial charge on any atom is 0.161 e. The van der Waals surface area contributed by atoms with Crippen LogP contribution in [0.3, 0.4) is 0 Å². The van der Waals surface area contributed by atoms with Gasteiger partial charge in [-0.1, -0.05) is 46.4 Å². The molecule has 2 saturated carbocycles. The zero-order valence-electron chi connectivity index (χ0n) is 5.99. The highest BCUT2D eigenvalue weighted by Crippen LogP contribution is 2.68. The van der Waals surface area contributed by atoms with Crippen LogP contribution in [0, 0.1) is 11.8 Å². The number of Topliss-reactive ketones (excluding diaryl/α,β-unsaturated/α-hetero) is 1. The van der Waals surface area contributed by atoms with Crippen molar-refractivity contribution in [2.45, 2.75) is 21.5 Å². The quantitative estimate of drug-likeness (QED) is 0.602. The van der Waals surface area contributed by atoms with E-state index in [2.05, 4.69) is 0 Å². The van der Waals surface area contributed by atoms with Crippen LogP contribution in [0.2, 0.25) is 0 Å². The summed E-state index contributed by atoms with van der Waals surface area (Å²) in [4.78, 5) is 11.3. The molecule has 0 aliphatic heterocycles. The predicted octanol–water partition coefficient (Wildman–Crippen LogP) is 2.94. The number of carbonyl (C=O) groups is 1. The van der Waals surface area contributed by atoms with Crippen molar-refractivity contribution < 1.29 is 4.79 Å². The Labute approximate surface area is 90.3 Å². The number of fused-ring (bicyclic) bond motifs is 1. The molecule has 0 heterocycles. The van der Waals surface area contributed by atoms with Crippen molar-refractivity contribution in [1.29, 1.82) is 0 Å². The number of alkyl halides is 4. The van der Waals surface area contributed by atoms with Crippen molar-refractivity contribution in [2.24, 2.45) is 11.8 Å². The van der Waals surface area contributed by atoms with Gasteiger partial charge in [0, 0.05) is 12.3 Å². The standard InChI is InChI=1S/C7H6Cl4O/c8-6(9)3-1-2-4(12)5(3)7(6,10)11/h3,5H,1-2H2. The Morgan fingerprint density at radius 1 is 1.17 bits per heavy atom. The van der Waals surface area contributed by atoms with Crippen LogP contribution in [-0.2, 0) is 4.79 Å². The molecule has 2 unspecified atom stereocenters. The smallest absolute Gasteiger partial charge is 0.161 e. The molecular formula is C7H6Cl4O. The lowest BCUT2D eigenvalue weighted by Crippen LogP contribution is -2.63. The maximum absolute atomic E-state index is 11.3. The highest BCUT2D eigenvalue weighted by molar-refractivity contribution is 6.65. The second-order valence-electron chi connectivity index (χ2n) is 3.34. The second-order valence-corrected chi connectivity index (χ2v) is 6.11. The molecule has 12 heavy (non-hydrogen) atoms. The molecule has 2 atom stereocenters. The lowest BCUT2D eigenvalue weighted by atomic mass is 9.73. The van der Waals surface area contributed by atoms with Crippen LogP contribution in [0.1, 0.15) is 12.8 Å². The molecule has 0 aromatic carbocycles. The molecule has 0 radical (unpaired) electrons. The average molecular weight is 248 g/mol. The summed E-state index contributed by atoms with van der Waals surface area (Å²) < 4.78 is -2.43. The van der Waals surface area contributed by atoms with Gasteiger partial charge in [-0.05, 0) is 6.42 Å². The molecule has 0 N–H and O–H groups in total. The summed E-state index contributed by atoms with van der Waals surface area (Å²) in [6.45, 7) is 0. The average Bonchev–Trinajstić information content (AvgIpc) is 2.30. The molecule has 1 nitrogen and oxygen atoms in total. The van der Waals surface area contributed by atoms with Gasteiger partial charge in [0.05, 0.1) is 5.92 Å². The van der Waals surface area contributed by atoms with Crippen LogP contribution in [0.25, 0.3) is 0 Å². The molecule has 0 amide bonds. The van der Waals surface area contributed by atoms with Crippen molar-refractivity contribution >= 4 is 52.2 Å². The summed E-state index contributed by atoms with van der Waals surface area (Å²) in [6.07, 6.45) is 1.20. The van der Waals surface area contributed by atoms with Gasteiger partial charge in [-0.3, -0.25) is 4.79 Å². The van der Waals surface area contributed by atoms with E-state index in [4.69, 9.17) is 46.4 Å². The molecule has 0 aromatic heterocycles. The maximum atomic E-state index is 11.3. The first-order valence-corrected chi connectivity index (χ1v) is 5.18. The van der Waals surface area contributed by atoms with Crippen LogP contribution in [0.15, 0.2) is 0 Å². The van der Waals surface area contributed by atoms with Crippen LogP contribution >= 0.6 is 46.4 Å². The number of halogens is 4. The minimum absolute atomic E-state index is 0.0525. The van der Waals surface area contributed by atoms with E-state index >= 15 is 0 Å². The lowest BCUT2D eigenvalue weighted by Gasteiger charge is -2.53. The Kier molecular flexibility index (Phi) is 1.91. The van der Waals surface area contributed by atoms with Crippen molar-refractivity contribution in [1.82, 2.24) is 0 Å². The Bertz CT molecular complexity index is 248. The van der Waals surface area contributed by atoms with Gasteiger partial charge in [0.1, 0.15) is 5.78 Å². The number of hydrogen-bond donors (Lipinski definition) is 0. The first kappa shape index (κ1) is 9.39. The molecule has 2 aliphatic carbocycles. The second kappa shape index (κ2) is 2.44. The van der Waals surface area contributed by atoms with Gasteiger partial charge >= 0.3 is 0 Å². The predicted molar refractivity (Wildman–Crippen MR) is 50.1 cm³/mol. The van der Waals surface area contributed by atoms with Crippen LogP contribution in [0.5, 0.6) is 0 Å². The highest BCUT2D eigenvalue weighted by atomic mass is 35.5. The summed E-state index contributed by atoms with van der Waals surface area (Å²) >= 11 is 23.6. The molecule has 0 saturated heterocycles. The van der Waals surface area contributed by atoms with Crippen molar-refractivity contribution in [3.8, 4) is 0 Å². The van der Waals surface area contributed by atoms with Crippen LogP contribution < -0.4 is 0 Å². The molecule has 2 fully saturated rings. The highest BCUT2D eigenvalue weighted by Gasteiger charge is 2.74. The fourth-order valence-electron chi connectivity index (χ4n) is 2.05. The van der Waals surface area contributed by atoms with E-state index in [1.165, 1.54) is 0 Å². The zero-order chi connectivity index (χ0) is 9.15. The minimum atomic E-state index is -1.28. The van der Waals surface area contributed by atoms with Gasteiger partial charge in [-0.25, -0.2) is 0 Å². The third-order valence-electron chi connectivity index (χ3n) is 2.75. The third-order valence-corrected chi connectivity index (χ3v) is 5.36. The van der Waals surface area contributed by atoms with Gasteiger partial charge in [0.25, 0.3) is 0 Å². The summed E-state index contributed by atoms with van der Waals surface area (Å²) in [5.74, 6) is -0.318. The van der Waals surface area contributed by atoms with Crippen LogP contribution in [-0.4, -0.2) is 14.4 Å². The van der Waals surface area contributed by atoms with E-state index in [-0.39, 0.29) is 17.6 Å². The van der Waals surface area contributed by atoms with Gasteiger partial charge < -0.3 is 0 Å². The molecule has 68 valence electrons. The van der Waals surface area contributed by atoms with Crippen molar-refractivity contribution in [3.63, 3.8) is 0 Å². The first-order valence-electron chi connectivity index (χ1n) is 3.67. The number of ketones is 1. The van der Waals surface area contributed by atoms with E-state index < -0.39 is 8.67 Å². The Balaban J connectivity index is 2.34. The Hall–Kier alpha value is 0.830. The summed E-state index contributed by atoms with van der Waals surface area (Å²) in [7, 11) is 0. The number of carbonyl (C=O) groups excluding carboxylic acids is 1. The zero-order valence-corrected chi connectivity index (χ0v) is 9.01. The fourth-order valence-corrected chi connectivity index (χ4v) is 3.58. The van der Waals surface area contributed by atoms with Crippen molar-refractivity contribution in [3.05, 3.63) is 0 Å². The van der Waals surface area contributed by atoms with E-state index in [0.717, 1.165) is 0 Å². The van der Waals surface area contributed by atoms with E-state index in [1.807, 2.05) is 0 Å². The monoisotopic (exact) mass is 246 g/mol. The van der Waals surface area contributed by atoms with Gasteiger partial charge in [0.15, 0.2) is 8.67 Å².